The van der Waals surface area contributed by atoms with E-state index in [1.165, 1.54) is 0 Å². The van der Waals surface area contributed by atoms with Crippen molar-refractivity contribution in [1.82, 2.24) is 9.34 Å². The second kappa shape index (κ2) is 8.60. The minimum atomic E-state index is -2.79. The Morgan fingerprint density at radius 3 is 1.04 bits per heavy atom. The zero-order chi connectivity index (χ0) is 20.8. The van der Waals surface area contributed by atoms with E-state index in [4.69, 9.17) is 55.5 Å². The summed E-state index contributed by atoms with van der Waals surface area (Å²) >= 11 is 25.5. The van der Waals surface area contributed by atoms with Crippen LogP contribution in [0.1, 0.15) is 55.4 Å². The van der Waals surface area contributed by atoms with Gasteiger partial charge in [0.2, 0.25) is 0 Å². The van der Waals surface area contributed by atoms with Crippen LogP contribution in [0.15, 0.2) is 0 Å². The lowest BCUT2D eigenvalue weighted by Gasteiger charge is -2.41. The molecule has 4 nitrogen and oxygen atoms in total. The molecule has 0 N–H and O–H groups in total. The fourth-order valence-corrected chi connectivity index (χ4v) is 8.49. The molecule has 0 saturated heterocycles. The van der Waals surface area contributed by atoms with Crippen molar-refractivity contribution < 1.29 is 9.05 Å². The summed E-state index contributed by atoms with van der Waals surface area (Å²) in [6, 6.07) is 0.652. The van der Waals surface area contributed by atoms with E-state index in [-0.39, 0.29) is 44.3 Å². The van der Waals surface area contributed by atoms with Crippen molar-refractivity contribution in [1.29, 1.82) is 0 Å². The van der Waals surface area contributed by atoms with Crippen LogP contribution in [-0.4, -0.2) is 33.5 Å². The average molecular weight is 477 g/mol. The zero-order valence-corrected chi connectivity index (χ0v) is 20.9. The van der Waals surface area contributed by atoms with Gasteiger partial charge in [0, 0.05) is 24.2 Å². The monoisotopic (exact) mass is 475 g/mol. The first-order valence-corrected chi connectivity index (χ1v) is 12.1. The van der Waals surface area contributed by atoms with Gasteiger partial charge in [0.1, 0.15) is 10.0 Å². The third kappa shape index (κ3) is 4.01. The fraction of sp³-hybridized carbons (Fsp3) is 0.667. The van der Waals surface area contributed by atoms with E-state index in [0.29, 0.717) is 11.5 Å². The van der Waals surface area contributed by atoms with Gasteiger partial charge in [0.05, 0.1) is 10.0 Å². The first-order chi connectivity index (χ1) is 12.4. The fourth-order valence-electron chi connectivity index (χ4n) is 3.68. The molecule has 1 aromatic rings. The number of hydrogen-bond acceptors (Lipinski definition) is 4. The maximum atomic E-state index is 6.59. The van der Waals surface area contributed by atoms with Crippen molar-refractivity contribution in [2.75, 3.05) is 0 Å². The number of nitrogens with zero attached hydrogens (tertiary/aromatic N) is 2. The van der Waals surface area contributed by atoms with Crippen LogP contribution >= 0.6 is 54.4 Å². The SMILES string of the molecule is CC(C)N(C(C)C)[P+]1(N(C(C)C)C(C)C)Oc2c(Cl)c(Cl)c(Cl)c(Cl)c2O1. The molecule has 0 radical (unpaired) electrons. The van der Waals surface area contributed by atoms with Crippen LogP contribution in [0.25, 0.3) is 0 Å². The van der Waals surface area contributed by atoms with Gasteiger partial charge in [0.15, 0.2) is 0 Å². The minimum absolute atomic E-state index is 0.163. The van der Waals surface area contributed by atoms with Crippen LogP contribution in [-0.2, 0) is 0 Å². The lowest BCUT2D eigenvalue weighted by Crippen LogP contribution is -2.50. The smallest absolute Gasteiger partial charge is 0.266 e. The molecule has 0 aliphatic carbocycles. The Labute approximate surface area is 183 Å². The summed E-state index contributed by atoms with van der Waals surface area (Å²) < 4.78 is 17.7. The second-order valence-corrected chi connectivity index (χ2v) is 11.5. The molecule has 0 aromatic heterocycles. The number of fused-ring (bicyclic) bond motifs is 1. The van der Waals surface area contributed by atoms with Gasteiger partial charge < -0.3 is 0 Å². The van der Waals surface area contributed by atoms with Crippen LogP contribution in [0.2, 0.25) is 20.1 Å². The summed E-state index contributed by atoms with van der Waals surface area (Å²) in [4.78, 5) is 0. The number of hydrogen-bond donors (Lipinski definition) is 0. The van der Waals surface area contributed by atoms with Crippen molar-refractivity contribution in [2.24, 2.45) is 0 Å². The molecule has 0 atom stereocenters. The molecule has 0 spiro atoms. The molecule has 0 amide bonds. The Balaban J connectivity index is 2.77. The largest absolute Gasteiger partial charge is 0.525 e. The van der Waals surface area contributed by atoms with Crippen LogP contribution in [0.5, 0.6) is 11.5 Å². The first-order valence-electron chi connectivity index (χ1n) is 9.08. The molecule has 1 heterocycles. The molecule has 154 valence electrons. The first kappa shape index (κ1) is 23.6. The Hall–Kier alpha value is 0.330. The molecule has 1 aliphatic rings. The average Bonchev–Trinajstić information content (AvgIpc) is 2.90. The standard InChI is InChI=1S/C18H28Cl4N2O2P/c1-9(2)23(10(3)4)27(24(11(5)6)12(7)8)25-17-15(21)13(19)14(20)16(22)18(17)26-27/h9-12H,1-8H3/q+1. The van der Waals surface area contributed by atoms with Crippen LogP contribution in [0.4, 0.5) is 0 Å². The van der Waals surface area contributed by atoms with Gasteiger partial charge in [-0.05, 0) is 55.4 Å². The van der Waals surface area contributed by atoms with E-state index in [9.17, 15) is 0 Å². The van der Waals surface area contributed by atoms with Gasteiger partial charge in [-0.2, -0.15) is 0 Å². The van der Waals surface area contributed by atoms with E-state index < -0.39 is 8.02 Å². The summed E-state index contributed by atoms with van der Waals surface area (Å²) in [5.41, 5.74) is 0. The van der Waals surface area contributed by atoms with Crippen molar-refractivity contribution >= 4 is 54.4 Å². The quantitative estimate of drug-likeness (QED) is 0.236. The van der Waals surface area contributed by atoms with Gasteiger partial charge in [-0.15, -0.1) is 0 Å². The maximum absolute atomic E-state index is 6.59. The summed E-state index contributed by atoms with van der Waals surface area (Å²) in [7, 11) is -2.79. The van der Waals surface area contributed by atoms with E-state index in [1.807, 2.05) is 0 Å². The summed E-state index contributed by atoms with van der Waals surface area (Å²) in [5.74, 6) is 0.726. The second-order valence-electron chi connectivity index (χ2n) is 7.72. The van der Waals surface area contributed by atoms with Crippen molar-refractivity contribution in [3.8, 4) is 11.5 Å². The molecule has 0 saturated carbocycles. The van der Waals surface area contributed by atoms with Crippen molar-refractivity contribution in [2.45, 2.75) is 79.6 Å². The molecular formula is C18H28Cl4N2O2P+. The normalized spacial score (nSPS) is 16.1. The highest BCUT2D eigenvalue weighted by molar-refractivity contribution is 7.63. The summed E-state index contributed by atoms with van der Waals surface area (Å²) in [6.07, 6.45) is 0. The van der Waals surface area contributed by atoms with E-state index in [2.05, 4.69) is 64.7 Å². The molecule has 1 aromatic carbocycles. The van der Waals surface area contributed by atoms with Gasteiger partial charge in [-0.25, -0.2) is 0 Å². The predicted octanol–water partition coefficient (Wildman–Crippen LogP) is 7.99. The van der Waals surface area contributed by atoms with Crippen LogP contribution in [0, 0.1) is 0 Å². The zero-order valence-electron chi connectivity index (χ0n) is 17.0. The third-order valence-corrected chi connectivity index (χ3v) is 9.93. The molecule has 0 unspecified atom stereocenters. The maximum Gasteiger partial charge on any atom is 0.525 e. The highest BCUT2D eigenvalue weighted by Crippen LogP contribution is 2.76. The summed E-state index contributed by atoms with van der Waals surface area (Å²) in [6.45, 7) is 17.0. The number of benzene rings is 1. The number of rotatable bonds is 6. The van der Waals surface area contributed by atoms with E-state index >= 15 is 0 Å². The van der Waals surface area contributed by atoms with Gasteiger partial charge in [0.25, 0.3) is 11.5 Å². The topological polar surface area (TPSA) is 24.9 Å². The molecule has 27 heavy (non-hydrogen) atoms. The van der Waals surface area contributed by atoms with Gasteiger partial charge >= 0.3 is 8.02 Å². The molecule has 2 rings (SSSR count). The van der Waals surface area contributed by atoms with Crippen molar-refractivity contribution in [3.63, 3.8) is 0 Å². The van der Waals surface area contributed by atoms with Crippen molar-refractivity contribution in [3.05, 3.63) is 20.1 Å². The van der Waals surface area contributed by atoms with E-state index in [0.717, 1.165) is 0 Å². The third-order valence-electron chi connectivity index (χ3n) is 4.30. The Morgan fingerprint density at radius 2 is 0.815 bits per heavy atom. The van der Waals surface area contributed by atoms with Gasteiger partial charge in [-0.3, -0.25) is 9.05 Å². The molecule has 9 heteroatoms. The Kier molecular flexibility index (Phi) is 7.52. The van der Waals surface area contributed by atoms with Crippen LogP contribution < -0.4 is 9.05 Å². The van der Waals surface area contributed by atoms with Crippen LogP contribution in [0.3, 0.4) is 0 Å². The lowest BCUT2D eigenvalue weighted by molar-refractivity contribution is 0.179. The molecule has 0 bridgehead atoms. The lowest BCUT2D eigenvalue weighted by atomic mass is 10.3. The molecule has 0 fully saturated rings. The van der Waals surface area contributed by atoms with E-state index in [1.54, 1.807) is 0 Å². The Morgan fingerprint density at radius 1 is 0.556 bits per heavy atom. The molecule has 1 aliphatic heterocycles. The Bertz CT molecular complexity index is 638. The van der Waals surface area contributed by atoms with Gasteiger partial charge in [-0.1, -0.05) is 55.7 Å². The highest BCUT2D eigenvalue weighted by Gasteiger charge is 2.67. The minimum Gasteiger partial charge on any atom is -0.266 e. The number of halogens is 4. The predicted molar refractivity (Wildman–Crippen MR) is 119 cm³/mol. The molecular weight excluding hydrogens is 449 g/mol. The summed E-state index contributed by atoms with van der Waals surface area (Å²) in [5, 5.41) is 0.796. The highest BCUT2D eigenvalue weighted by atomic mass is 35.5.